The second kappa shape index (κ2) is 7.78. The molecule has 1 aromatic carbocycles. The molecule has 0 amide bonds. The second-order valence-corrected chi connectivity index (χ2v) is 5.21. The minimum absolute atomic E-state index is 0.164. The van der Waals surface area contributed by atoms with E-state index in [-0.39, 0.29) is 5.84 Å². The number of nitrogens with two attached hydrogens (primary N) is 1. The molecule has 4 heteroatoms. The van der Waals surface area contributed by atoms with Gasteiger partial charge < -0.3 is 15.8 Å². The van der Waals surface area contributed by atoms with Gasteiger partial charge in [0.05, 0.1) is 0 Å². The SMILES string of the molecule is CCC(CC)CN(CC)c1ccc(/C(N)=N/O)c(C)c1. The van der Waals surface area contributed by atoms with Crippen molar-refractivity contribution in [3.63, 3.8) is 0 Å². The maximum atomic E-state index is 8.77. The molecular formula is C16H27N3O. The van der Waals surface area contributed by atoms with Crippen molar-refractivity contribution in [1.29, 1.82) is 0 Å². The Bertz CT molecular complexity index is 453. The molecule has 3 N–H and O–H groups in total. The molecule has 0 saturated heterocycles. The summed E-state index contributed by atoms with van der Waals surface area (Å²) in [5.41, 5.74) is 8.68. The zero-order valence-electron chi connectivity index (χ0n) is 13.1. The minimum atomic E-state index is 0.164. The Morgan fingerprint density at radius 2 is 1.95 bits per heavy atom. The van der Waals surface area contributed by atoms with Gasteiger partial charge in [-0.15, -0.1) is 0 Å². The highest BCUT2D eigenvalue weighted by Gasteiger charge is 2.12. The molecule has 20 heavy (non-hydrogen) atoms. The maximum absolute atomic E-state index is 8.77. The van der Waals surface area contributed by atoms with Crippen LogP contribution in [-0.4, -0.2) is 24.1 Å². The van der Waals surface area contributed by atoms with Crippen LogP contribution in [0.1, 0.15) is 44.7 Å². The monoisotopic (exact) mass is 277 g/mol. The number of rotatable bonds is 7. The molecule has 0 atom stereocenters. The van der Waals surface area contributed by atoms with Gasteiger partial charge in [0.2, 0.25) is 0 Å². The van der Waals surface area contributed by atoms with Gasteiger partial charge in [-0.05, 0) is 43.5 Å². The number of anilines is 1. The molecule has 1 rings (SSSR count). The first-order valence-corrected chi connectivity index (χ1v) is 7.40. The van der Waals surface area contributed by atoms with Crippen LogP contribution in [0.3, 0.4) is 0 Å². The molecule has 0 aromatic heterocycles. The molecule has 0 bridgehead atoms. The van der Waals surface area contributed by atoms with Gasteiger partial charge in [0.25, 0.3) is 0 Å². The van der Waals surface area contributed by atoms with E-state index in [9.17, 15) is 0 Å². The number of aryl methyl sites for hydroxylation is 1. The van der Waals surface area contributed by atoms with E-state index in [1.807, 2.05) is 19.1 Å². The molecule has 0 unspecified atom stereocenters. The Balaban J connectivity index is 2.97. The standard InChI is InChI=1S/C16H27N3O/c1-5-13(6-2)11-19(7-3)14-8-9-15(12(4)10-14)16(17)18-20/h8-10,13,20H,5-7,11H2,1-4H3,(H2,17,18). The molecule has 0 saturated carbocycles. The van der Waals surface area contributed by atoms with Crippen molar-refractivity contribution in [1.82, 2.24) is 0 Å². The molecule has 4 nitrogen and oxygen atoms in total. The number of oxime groups is 1. The van der Waals surface area contributed by atoms with Crippen molar-refractivity contribution in [2.24, 2.45) is 16.8 Å². The normalized spacial score (nSPS) is 11.9. The second-order valence-electron chi connectivity index (χ2n) is 5.21. The smallest absolute Gasteiger partial charge is 0.170 e. The number of hydrogen-bond donors (Lipinski definition) is 2. The fraction of sp³-hybridized carbons (Fsp3) is 0.562. The molecule has 112 valence electrons. The third kappa shape index (κ3) is 3.89. The van der Waals surface area contributed by atoms with Gasteiger partial charge in [-0.25, -0.2) is 0 Å². The highest BCUT2D eigenvalue weighted by Crippen LogP contribution is 2.21. The lowest BCUT2D eigenvalue weighted by Gasteiger charge is -2.28. The molecule has 1 aromatic rings. The van der Waals surface area contributed by atoms with Crippen molar-refractivity contribution in [3.8, 4) is 0 Å². The van der Waals surface area contributed by atoms with Crippen molar-refractivity contribution >= 4 is 11.5 Å². The van der Waals surface area contributed by atoms with Crippen LogP contribution in [-0.2, 0) is 0 Å². The Hall–Kier alpha value is -1.71. The number of benzene rings is 1. The summed E-state index contributed by atoms with van der Waals surface area (Å²) in [6.07, 6.45) is 2.41. The highest BCUT2D eigenvalue weighted by atomic mass is 16.4. The predicted octanol–water partition coefficient (Wildman–Crippen LogP) is 3.35. The van der Waals surface area contributed by atoms with Gasteiger partial charge in [0.15, 0.2) is 5.84 Å². The number of nitrogens with zero attached hydrogens (tertiary/aromatic N) is 2. The lowest BCUT2D eigenvalue weighted by molar-refractivity contribution is 0.318. The first-order chi connectivity index (χ1) is 9.57. The van der Waals surface area contributed by atoms with E-state index in [1.54, 1.807) is 0 Å². The van der Waals surface area contributed by atoms with Crippen molar-refractivity contribution in [2.75, 3.05) is 18.0 Å². The molecule has 0 fully saturated rings. The number of amidine groups is 1. The Morgan fingerprint density at radius 3 is 2.40 bits per heavy atom. The van der Waals surface area contributed by atoms with Gasteiger partial charge in [-0.1, -0.05) is 31.8 Å². The first kappa shape index (κ1) is 16.3. The lowest BCUT2D eigenvalue weighted by atomic mass is 10.0. The van der Waals surface area contributed by atoms with Crippen LogP contribution in [0.25, 0.3) is 0 Å². The van der Waals surface area contributed by atoms with Crippen LogP contribution in [0.5, 0.6) is 0 Å². The third-order valence-electron chi connectivity index (χ3n) is 3.97. The molecule has 0 aliphatic heterocycles. The van der Waals surface area contributed by atoms with Crippen LogP contribution in [0, 0.1) is 12.8 Å². The van der Waals surface area contributed by atoms with Crippen molar-refractivity contribution in [3.05, 3.63) is 29.3 Å². The van der Waals surface area contributed by atoms with E-state index in [1.165, 1.54) is 18.5 Å². The third-order valence-corrected chi connectivity index (χ3v) is 3.97. The van der Waals surface area contributed by atoms with E-state index in [2.05, 4.69) is 36.9 Å². The predicted molar refractivity (Wildman–Crippen MR) is 85.6 cm³/mol. The van der Waals surface area contributed by atoms with E-state index in [0.717, 1.165) is 30.1 Å². The maximum Gasteiger partial charge on any atom is 0.170 e. The molecular weight excluding hydrogens is 250 g/mol. The summed E-state index contributed by atoms with van der Waals surface area (Å²) in [7, 11) is 0. The van der Waals surface area contributed by atoms with E-state index < -0.39 is 0 Å². The number of hydrogen-bond acceptors (Lipinski definition) is 3. The Labute approximate surface area is 122 Å². The molecule has 0 aliphatic carbocycles. The summed E-state index contributed by atoms with van der Waals surface area (Å²) < 4.78 is 0. The summed E-state index contributed by atoms with van der Waals surface area (Å²) >= 11 is 0. The van der Waals surface area contributed by atoms with Crippen LogP contribution in [0.2, 0.25) is 0 Å². The van der Waals surface area contributed by atoms with Gasteiger partial charge in [-0.3, -0.25) is 0 Å². The summed E-state index contributed by atoms with van der Waals surface area (Å²) in [6, 6.07) is 6.08. The quantitative estimate of drug-likeness (QED) is 0.348. The fourth-order valence-electron chi connectivity index (χ4n) is 2.46. The minimum Gasteiger partial charge on any atom is -0.409 e. The lowest BCUT2D eigenvalue weighted by Crippen LogP contribution is -2.29. The first-order valence-electron chi connectivity index (χ1n) is 7.40. The Morgan fingerprint density at radius 1 is 1.30 bits per heavy atom. The zero-order valence-corrected chi connectivity index (χ0v) is 13.1. The van der Waals surface area contributed by atoms with Gasteiger partial charge in [-0.2, -0.15) is 0 Å². The average Bonchev–Trinajstić information content (AvgIpc) is 2.47. The summed E-state index contributed by atoms with van der Waals surface area (Å²) in [4.78, 5) is 2.39. The molecule has 0 spiro atoms. The van der Waals surface area contributed by atoms with Crippen molar-refractivity contribution in [2.45, 2.75) is 40.5 Å². The van der Waals surface area contributed by atoms with E-state index >= 15 is 0 Å². The highest BCUT2D eigenvalue weighted by molar-refractivity contribution is 5.98. The Kier molecular flexibility index (Phi) is 6.36. The molecule has 0 aliphatic rings. The average molecular weight is 277 g/mol. The fourth-order valence-corrected chi connectivity index (χ4v) is 2.46. The largest absolute Gasteiger partial charge is 0.409 e. The van der Waals surface area contributed by atoms with Crippen LogP contribution < -0.4 is 10.6 Å². The van der Waals surface area contributed by atoms with E-state index in [0.29, 0.717) is 0 Å². The van der Waals surface area contributed by atoms with Crippen molar-refractivity contribution < 1.29 is 5.21 Å². The summed E-state index contributed by atoms with van der Waals surface area (Å²) in [6.45, 7) is 10.7. The summed E-state index contributed by atoms with van der Waals surface area (Å²) in [5.74, 6) is 0.885. The zero-order chi connectivity index (χ0) is 15.1. The molecule has 0 radical (unpaired) electrons. The summed E-state index contributed by atoms with van der Waals surface area (Å²) in [5, 5.41) is 11.8. The van der Waals surface area contributed by atoms with Crippen LogP contribution >= 0.6 is 0 Å². The molecule has 0 heterocycles. The van der Waals surface area contributed by atoms with Crippen LogP contribution in [0.15, 0.2) is 23.4 Å². The van der Waals surface area contributed by atoms with Crippen LogP contribution in [0.4, 0.5) is 5.69 Å². The van der Waals surface area contributed by atoms with Gasteiger partial charge >= 0.3 is 0 Å². The van der Waals surface area contributed by atoms with E-state index in [4.69, 9.17) is 10.9 Å². The van der Waals surface area contributed by atoms with Gasteiger partial charge in [0, 0.05) is 24.3 Å². The van der Waals surface area contributed by atoms with Gasteiger partial charge in [0.1, 0.15) is 0 Å². The topological polar surface area (TPSA) is 61.8 Å².